The van der Waals surface area contributed by atoms with Gasteiger partial charge >= 0.3 is 11.9 Å². The van der Waals surface area contributed by atoms with Crippen LogP contribution in [0.25, 0.3) is 10.9 Å². The number of H-pyrrole nitrogens is 1. The van der Waals surface area contributed by atoms with Gasteiger partial charge in [-0.2, -0.15) is 0 Å². The van der Waals surface area contributed by atoms with E-state index >= 15 is 0 Å². The molecule has 0 saturated carbocycles. The second kappa shape index (κ2) is 5.38. The van der Waals surface area contributed by atoms with Crippen LogP contribution in [0.4, 0.5) is 0 Å². The first kappa shape index (κ1) is 15.6. The van der Waals surface area contributed by atoms with Crippen molar-refractivity contribution in [2.75, 3.05) is 0 Å². The third kappa shape index (κ3) is 2.94. The number of nitrogens with one attached hydrogen (secondary N) is 2. The number of carboxylic acid groups (broad SMARTS) is 1. The molecule has 1 aromatic carbocycles. The molecule has 122 valence electrons. The summed E-state index contributed by atoms with van der Waals surface area (Å²) in [7, 11) is 0. The van der Waals surface area contributed by atoms with Crippen LogP contribution in [0.3, 0.4) is 0 Å². The fourth-order valence-corrected chi connectivity index (χ4v) is 2.94. The SMILES string of the molecule is CC(C)(C)OC(=O)[C@@H]1N[C@H](C(=O)O)Cc2c1[nH]c1ccccc21. The van der Waals surface area contributed by atoms with Gasteiger partial charge in [0.2, 0.25) is 0 Å². The Labute approximate surface area is 133 Å². The van der Waals surface area contributed by atoms with Gasteiger partial charge in [0.25, 0.3) is 0 Å². The number of carbonyl (C=O) groups is 2. The summed E-state index contributed by atoms with van der Waals surface area (Å²) < 4.78 is 5.44. The molecule has 2 aromatic rings. The number of carboxylic acids is 1. The summed E-state index contributed by atoms with van der Waals surface area (Å²) in [6.07, 6.45) is 0.327. The highest BCUT2D eigenvalue weighted by atomic mass is 16.6. The van der Waals surface area contributed by atoms with E-state index in [1.165, 1.54) is 0 Å². The standard InChI is InChI=1S/C17H20N2O4/c1-17(2,3)23-16(22)14-13-10(8-12(19-14)15(20)21)9-6-4-5-7-11(9)18-13/h4-7,12,14,18-19H,8H2,1-3H3,(H,20,21)/t12-,14+/m0/s1. The Morgan fingerprint density at radius 3 is 2.61 bits per heavy atom. The zero-order valence-corrected chi connectivity index (χ0v) is 13.3. The average Bonchev–Trinajstić information content (AvgIpc) is 2.82. The number of aliphatic carboxylic acids is 1. The summed E-state index contributed by atoms with van der Waals surface area (Å²) in [4.78, 5) is 27.2. The third-order valence-electron chi connectivity index (χ3n) is 3.85. The highest BCUT2D eigenvalue weighted by Gasteiger charge is 2.38. The fourth-order valence-electron chi connectivity index (χ4n) is 2.94. The molecule has 0 saturated heterocycles. The van der Waals surface area contributed by atoms with Gasteiger partial charge < -0.3 is 14.8 Å². The molecule has 1 aromatic heterocycles. The van der Waals surface area contributed by atoms with Crippen LogP contribution in [0.2, 0.25) is 0 Å². The van der Waals surface area contributed by atoms with E-state index in [0.29, 0.717) is 12.1 Å². The smallest absolute Gasteiger partial charge is 0.329 e. The van der Waals surface area contributed by atoms with Crippen molar-refractivity contribution in [3.8, 4) is 0 Å². The molecule has 1 aliphatic heterocycles. The van der Waals surface area contributed by atoms with E-state index in [2.05, 4.69) is 10.3 Å². The quantitative estimate of drug-likeness (QED) is 0.738. The second-order valence-electron chi connectivity index (χ2n) is 6.79. The van der Waals surface area contributed by atoms with Crippen molar-refractivity contribution >= 4 is 22.8 Å². The number of fused-ring (bicyclic) bond motifs is 3. The van der Waals surface area contributed by atoms with Crippen molar-refractivity contribution in [3.05, 3.63) is 35.5 Å². The Morgan fingerprint density at radius 1 is 1.26 bits per heavy atom. The van der Waals surface area contributed by atoms with E-state index in [4.69, 9.17) is 4.74 Å². The van der Waals surface area contributed by atoms with Gasteiger partial charge in [-0.15, -0.1) is 0 Å². The van der Waals surface area contributed by atoms with Crippen molar-refractivity contribution in [1.29, 1.82) is 0 Å². The highest BCUT2D eigenvalue weighted by Crippen LogP contribution is 2.33. The molecule has 0 unspecified atom stereocenters. The van der Waals surface area contributed by atoms with E-state index in [1.54, 1.807) is 20.8 Å². The maximum atomic E-state index is 12.5. The monoisotopic (exact) mass is 316 g/mol. The average molecular weight is 316 g/mol. The minimum Gasteiger partial charge on any atom is -0.480 e. The molecule has 0 amide bonds. The lowest BCUT2D eigenvalue weighted by atomic mass is 9.94. The van der Waals surface area contributed by atoms with Crippen LogP contribution in [0, 0.1) is 0 Å². The number of esters is 1. The van der Waals surface area contributed by atoms with Crippen LogP contribution in [-0.4, -0.2) is 33.7 Å². The fraction of sp³-hybridized carbons (Fsp3) is 0.412. The molecule has 3 rings (SSSR count). The van der Waals surface area contributed by atoms with Crippen molar-refractivity contribution < 1.29 is 19.4 Å². The van der Waals surface area contributed by atoms with E-state index in [-0.39, 0.29) is 0 Å². The predicted octanol–water partition coefficient (Wildman–Crippen LogP) is 2.15. The lowest BCUT2D eigenvalue weighted by Gasteiger charge is -2.30. The second-order valence-corrected chi connectivity index (χ2v) is 6.79. The first-order chi connectivity index (χ1) is 10.8. The summed E-state index contributed by atoms with van der Waals surface area (Å²) >= 11 is 0. The maximum Gasteiger partial charge on any atom is 0.329 e. The number of aromatic nitrogens is 1. The Kier molecular flexibility index (Phi) is 3.64. The summed E-state index contributed by atoms with van der Waals surface area (Å²) in [5, 5.41) is 13.2. The molecular formula is C17H20N2O4. The molecule has 23 heavy (non-hydrogen) atoms. The van der Waals surface area contributed by atoms with E-state index in [9.17, 15) is 14.7 Å². The van der Waals surface area contributed by atoms with Crippen molar-refractivity contribution in [1.82, 2.24) is 10.3 Å². The zero-order chi connectivity index (χ0) is 16.8. The van der Waals surface area contributed by atoms with Crippen LogP contribution in [0.5, 0.6) is 0 Å². The Morgan fingerprint density at radius 2 is 1.96 bits per heavy atom. The predicted molar refractivity (Wildman–Crippen MR) is 85.1 cm³/mol. The molecule has 0 aliphatic carbocycles. The number of ether oxygens (including phenoxy) is 1. The van der Waals surface area contributed by atoms with Crippen LogP contribution < -0.4 is 5.32 Å². The lowest BCUT2D eigenvalue weighted by Crippen LogP contribution is -2.48. The van der Waals surface area contributed by atoms with Gasteiger partial charge in [0.1, 0.15) is 17.7 Å². The topological polar surface area (TPSA) is 91.4 Å². The molecule has 2 atom stereocenters. The van der Waals surface area contributed by atoms with Crippen LogP contribution >= 0.6 is 0 Å². The normalized spacial score (nSPS) is 21.0. The molecular weight excluding hydrogens is 296 g/mol. The number of para-hydroxylation sites is 1. The van der Waals surface area contributed by atoms with Crippen LogP contribution in [0.1, 0.15) is 38.1 Å². The third-order valence-corrected chi connectivity index (χ3v) is 3.85. The molecule has 0 spiro atoms. The summed E-state index contributed by atoms with van der Waals surface area (Å²) in [6.45, 7) is 5.36. The zero-order valence-electron chi connectivity index (χ0n) is 13.3. The minimum absolute atomic E-state index is 0.327. The van der Waals surface area contributed by atoms with Gasteiger partial charge in [-0.3, -0.25) is 10.1 Å². The Hall–Kier alpha value is -2.34. The summed E-state index contributed by atoms with van der Waals surface area (Å²) in [5.74, 6) is -1.45. The maximum absolute atomic E-state index is 12.5. The Bertz CT molecular complexity index is 772. The molecule has 2 heterocycles. The first-order valence-corrected chi connectivity index (χ1v) is 7.57. The van der Waals surface area contributed by atoms with Crippen LogP contribution in [0.15, 0.2) is 24.3 Å². The number of carbonyl (C=O) groups excluding carboxylic acids is 1. The van der Waals surface area contributed by atoms with Crippen LogP contribution in [-0.2, 0) is 20.7 Å². The summed E-state index contributed by atoms with van der Waals surface area (Å²) in [5.41, 5.74) is 1.81. The van der Waals surface area contributed by atoms with Gasteiger partial charge in [0.15, 0.2) is 0 Å². The van der Waals surface area contributed by atoms with E-state index < -0.39 is 29.6 Å². The molecule has 6 heteroatoms. The van der Waals surface area contributed by atoms with Gasteiger partial charge in [0.05, 0.1) is 0 Å². The number of hydrogen-bond acceptors (Lipinski definition) is 4. The molecule has 0 radical (unpaired) electrons. The van der Waals surface area contributed by atoms with Gasteiger partial charge in [-0.05, 0) is 32.4 Å². The molecule has 6 nitrogen and oxygen atoms in total. The molecule has 0 bridgehead atoms. The molecule has 3 N–H and O–H groups in total. The molecule has 0 fully saturated rings. The van der Waals surface area contributed by atoms with Crippen molar-refractivity contribution in [2.24, 2.45) is 0 Å². The van der Waals surface area contributed by atoms with Gasteiger partial charge in [-0.1, -0.05) is 18.2 Å². The largest absolute Gasteiger partial charge is 0.480 e. The van der Waals surface area contributed by atoms with E-state index in [0.717, 1.165) is 16.5 Å². The van der Waals surface area contributed by atoms with Gasteiger partial charge in [-0.25, -0.2) is 4.79 Å². The van der Waals surface area contributed by atoms with Crippen molar-refractivity contribution in [3.63, 3.8) is 0 Å². The Balaban J connectivity index is 2.06. The minimum atomic E-state index is -0.977. The van der Waals surface area contributed by atoms with Crippen molar-refractivity contribution in [2.45, 2.75) is 44.9 Å². The summed E-state index contributed by atoms with van der Waals surface area (Å²) in [6, 6.07) is 6.01. The van der Waals surface area contributed by atoms with E-state index in [1.807, 2.05) is 24.3 Å². The number of aromatic amines is 1. The highest BCUT2D eigenvalue weighted by molar-refractivity contribution is 5.90. The number of benzene rings is 1. The number of hydrogen-bond donors (Lipinski definition) is 3. The first-order valence-electron chi connectivity index (χ1n) is 7.57. The number of rotatable bonds is 2. The molecule has 1 aliphatic rings. The van der Waals surface area contributed by atoms with Gasteiger partial charge in [0, 0.05) is 23.0 Å². The lowest BCUT2D eigenvalue weighted by molar-refractivity contribution is -0.158.